The van der Waals surface area contributed by atoms with Gasteiger partial charge in [-0.25, -0.2) is 0 Å². The van der Waals surface area contributed by atoms with E-state index in [1.54, 1.807) is 0 Å². The molecule has 2 aromatic rings. The molecule has 1 unspecified atom stereocenters. The maximum absolute atomic E-state index is 6.40. The summed E-state index contributed by atoms with van der Waals surface area (Å²) in [6.45, 7) is 0. The Hall–Kier alpha value is -0.790. The number of alkyl halides is 1. The molecule has 0 fully saturated rings. The molecule has 0 N–H and O–H groups in total. The predicted octanol–water partition coefficient (Wildman–Crippen LogP) is 5.23. The molecular weight excluding hydrogens is 308 g/mol. The van der Waals surface area contributed by atoms with Crippen molar-refractivity contribution in [2.24, 2.45) is 0 Å². The minimum atomic E-state index is 0.194. The van der Waals surface area contributed by atoms with Gasteiger partial charge in [0, 0.05) is 9.85 Å². The second-order valence-corrected chi connectivity index (χ2v) is 5.99. The zero-order valence-electron chi connectivity index (χ0n) is 10.2. The second-order valence-electron chi connectivity index (χ2n) is 4.46. The molecule has 18 heavy (non-hydrogen) atoms. The SMILES string of the molecule is ClC(CCc1ccccc1)Cc1cccc(Br)c1. The third-order valence-electron chi connectivity index (χ3n) is 2.94. The molecule has 0 saturated heterocycles. The van der Waals surface area contributed by atoms with Crippen LogP contribution in [0, 0.1) is 0 Å². The van der Waals surface area contributed by atoms with Gasteiger partial charge in [-0.2, -0.15) is 0 Å². The Morgan fingerprint density at radius 2 is 1.67 bits per heavy atom. The number of benzene rings is 2. The van der Waals surface area contributed by atoms with Gasteiger partial charge in [-0.05, 0) is 42.5 Å². The molecule has 0 spiro atoms. The summed E-state index contributed by atoms with van der Waals surface area (Å²) in [7, 11) is 0. The Labute approximate surface area is 122 Å². The average Bonchev–Trinajstić information content (AvgIpc) is 2.38. The zero-order chi connectivity index (χ0) is 12.8. The van der Waals surface area contributed by atoms with Crippen LogP contribution in [0.4, 0.5) is 0 Å². The van der Waals surface area contributed by atoms with E-state index in [4.69, 9.17) is 11.6 Å². The molecule has 0 bridgehead atoms. The summed E-state index contributed by atoms with van der Waals surface area (Å²) in [5.74, 6) is 0. The summed E-state index contributed by atoms with van der Waals surface area (Å²) in [4.78, 5) is 0. The van der Waals surface area contributed by atoms with Crippen LogP contribution in [0.1, 0.15) is 17.5 Å². The van der Waals surface area contributed by atoms with Gasteiger partial charge in [-0.15, -0.1) is 11.6 Å². The summed E-state index contributed by atoms with van der Waals surface area (Å²) >= 11 is 9.89. The van der Waals surface area contributed by atoms with Crippen LogP contribution in [0.2, 0.25) is 0 Å². The Kier molecular flexibility index (Phi) is 5.27. The van der Waals surface area contributed by atoms with Crippen molar-refractivity contribution in [1.29, 1.82) is 0 Å². The minimum absolute atomic E-state index is 0.194. The fourth-order valence-corrected chi connectivity index (χ4v) is 2.72. The van der Waals surface area contributed by atoms with Crippen molar-refractivity contribution < 1.29 is 0 Å². The van der Waals surface area contributed by atoms with E-state index in [0.29, 0.717) is 0 Å². The topological polar surface area (TPSA) is 0 Å². The lowest BCUT2D eigenvalue weighted by molar-refractivity contribution is 0.743. The second kappa shape index (κ2) is 6.96. The van der Waals surface area contributed by atoms with Gasteiger partial charge in [0.25, 0.3) is 0 Å². The summed E-state index contributed by atoms with van der Waals surface area (Å²) < 4.78 is 1.12. The minimum Gasteiger partial charge on any atom is -0.123 e. The largest absolute Gasteiger partial charge is 0.123 e. The molecule has 0 heterocycles. The van der Waals surface area contributed by atoms with Crippen molar-refractivity contribution in [2.45, 2.75) is 24.6 Å². The molecule has 0 aliphatic carbocycles. The van der Waals surface area contributed by atoms with E-state index in [1.165, 1.54) is 11.1 Å². The summed E-state index contributed by atoms with van der Waals surface area (Å²) in [6.07, 6.45) is 2.98. The van der Waals surface area contributed by atoms with Crippen molar-refractivity contribution in [3.8, 4) is 0 Å². The highest BCUT2D eigenvalue weighted by molar-refractivity contribution is 9.10. The van der Waals surface area contributed by atoms with E-state index in [1.807, 2.05) is 12.1 Å². The van der Waals surface area contributed by atoms with Crippen molar-refractivity contribution in [3.05, 3.63) is 70.2 Å². The first-order valence-electron chi connectivity index (χ1n) is 6.16. The third kappa shape index (κ3) is 4.47. The molecular formula is C16H16BrCl. The fourth-order valence-electron chi connectivity index (χ4n) is 1.99. The lowest BCUT2D eigenvalue weighted by Gasteiger charge is -2.09. The van der Waals surface area contributed by atoms with E-state index in [2.05, 4.69) is 58.4 Å². The quantitative estimate of drug-likeness (QED) is 0.661. The molecule has 0 aromatic heterocycles. The number of aryl methyl sites for hydroxylation is 1. The van der Waals surface area contributed by atoms with Gasteiger partial charge in [0.05, 0.1) is 0 Å². The van der Waals surface area contributed by atoms with Gasteiger partial charge in [-0.1, -0.05) is 58.4 Å². The van der Waals surface area contributed by atoms with Gasteiger partial charge < -0.3 is 0 Å². The highest BCUT2D eigenvalue weighted by atomic mass is 79.9. The van der Waals surface area contributed by atoms with Crippen LogP contribution in [0.15, 0.2) is 59.1 Å². The Morgan fingerprint density at radius 1 is 0.944 bits per heavy atom. The van der Waals surface area contributed by atoms with Crippen LogP contribution in [0.5, 0.6) is 0 Å². The lowest BCUT2D eigenvalue weighted by Crippen LogP contribution is -2.05. The molecule has 0 aliphatic heterocycles. The molecule has 94 valence electrons. The van der Waals surface area contributed by atoms with E-state index >= 15 is 0 Å². The summed E-state index contributed by atoms with van der Waals surface area (Å²) in [5, 5.41) is 0.194. The van der Waals surface area contributed by atoms with Gasteiger partial charge in [0.1, 0.15) is 0 Å². The van der Waals surface area contributed by atoms with E-state index in [-0.39, 0.29) is 5.38 Å². The molecule has 0 saturated carbocycles. The lowest BCUT2D eigenvalue weighted by atomic mass is 10.0. The fraction of sp³-hybridized carbons (Fsp3) is 0.250. The average molecular weight is 324 g/mol. The van der Waals surface area contributed by atoms with Gasteiger partial charge >= 0.3 is 0 Å². The van der Waals surface area contributed by atoms with Gasteiger partial charge in [0.15, 0.2) is 0 Å². The Bertz CT molecular complexity index is 481. The van der Waals surface area contributed by atoms with Crippen LogP contribution >= 0.6 is 27.5 Å². The Balaban J connectivity index is 1.84. The van der Waals surface area contributed by atoms with Crippen molar-refractivity contribution in [1.82, 2.24) is 0 Å². The molecule has 2 heteroatoms. The highest BCUT2D eigenvalue weighted by Crippen LogP contribution is 2.17. The van der Waals surface area contributed by atoms with E-state index in [0.717, 1.165) is 23.7 Å². The van der Waals surface area contributed by atoms with Crippen LogP contribution in [0.3, 0.4) is 0 Å². The Morgan fingerprint density at radius 3 is 2.39 bits per heavy atom. The van der Waals surface area contributed by atoms with Crippen molar-refractivity contribution >= 4 is 27.5 Å². The molecule has 2 aromatic carbocycles. The molecule has 0 radical (unpaired) electrons. The molecule has 0 aliphatic rings. The predicted molar refractivity (Wildman–Crippen MR) is 82.3 cm³/mol. The van der Waals surface area contributed by atoms with Crippen LogP contribution in [0.25, 0.3) is 0 Å². The molecule has 1 atom stereocenters. The molecule has 2 rings (SSSR count). The zero-order valence-corrected chi connectivity index (χ0v) is 12.5. The normalized spacial score (nSPS) is 12.3. The van der Waals surface area contributed by atoms with Crippen LogP contribution < -0.4 is 0 Å². The van der Waals surface area contributed by atoms with Crippen LogP contribution in [-0.2, 0) is 12.8 Å². The van der Waals surface area contributed by atoms with E-state index < -0.39 is 0 Å². The standard InChI is InChI=1S/C16H16BrCl/c17-15-8-4-7-14(11-15)12-16(18)10-9-13-5-2-1-3-6-13/h1-8,11,16H,9-10,12H2. The first-order chi connectivity index (χ1) is 8.74. The number of rotatable bonds is 5. The highest BCUT2D eigenvalue weighted by Gasteiger charge is 2.06. The van der Waals surface area contributed by atoms with Gasteiger partial charge in [-0.3, -0.25) is 0 Å². The number of hydrogen-bond acceptors (Lipinski definition) is 0. The van der Waals surface area contributed by atoms with E-state index in [9.17, 15) is 0 Å². The molecule has 0 nitrogen and oxygen atoms in total. The van der Waals surface area contributed by atoms with Crippen LogP contribution in [-0.4, -0.2) is 5.38 Å². The monoisotopic (exact) mass is 322 g/mol. The summed E-state index contributed by atoms with van der Waals surface area (Å²) in [6, 6.07) is 18.9. The maximum Gasteiger partial charge on any atom is 0.0379 e. The molecule has 0 amide bonds. The van der Waals surface area contributed by atoms with Crippen molar-refractivity contribution in [2.75, 3.05) is 0 Å². The first-order valence-corrected chi connectivity index (χ1v) is 7.39. The first kappa shape index (κ1) is 13.6. The van der Waals surface area contributed by atoms with Gasteiger partial charge in [0.2, 0.25) is 0 Å². The maximum atomic E-state index is 6.40. The smallest absolute Gasteiger partial charge is 0.0379 e. The third-order valence-corrected chi connectivity index (χ3v) is 3.80. The van der Waals surface area contributed by atoms with Crippen molar-refractivity contribution in [3.63, 3.8) is 0 Å². The summed E-state index contributed by atoms with van der Waals surface area (Å²) in [5.41, 5.74) is 2.65. The number of halogens is 2. The number of hydrogen-bond donors (Lipinski definition) is 0.